The SMILES string of the molecule is CCCCCC(O)C(=O)CCCCCCCCCCC(=O)NCCO. The van der Waals surface area contributed by atoms with E-state index in [1.807, 2.05) is 0 Å². The van der Waals surface area contributed by atoms with Gasteiger partial charge >= 0.3 is 0 Å². The number of amides is 1. The smallest absolute Gasteiger partial charge is 0.220 e. The fourth-order valence-electron chi connectivity index (χ4n) is 2.84. The lowest BCUT2D eigenvalue weighted by Gasteiger charge is -2.09. The van der Waals surface area contributed by atoms with Crippen LogP contribution in [-0.4, -0.2) is 41.2 Å². The van der Waals surface area contributed by atoms with Crippen LogP contribution in [0.3, 0.4) is 0 Å². The summed E-state index contributed by atoms with van der Waals surface area (Å²) in [4.78, 5) is 23.1. The summed E-state index contributed by atoms with van der Waals surface area (Å²) in [5.41, 5.74) is 0. The number of hydrogen-bond acceptors (Lipinski definition) is 4. The highest BCUT2D eigenvalue weighted by atomic mass is 16.3. The molecule has 0 aromatic rings. The first-order valence-electron chi connectivity index (χ1n) is 10.2. The Morgan fingerprint density at radius 2 is 1.40 bits per heavy atom. The van der Waals surface area contributed by atoms with Gasteiger partial charge in [-0.3, -0.25) is 9.59 Å². The number of rotatable bonds is 18. The standard InChI is InChI=1S/C20H39NO4/c1-2-3-10-13-18(23)19(24)14-11-8-6-4-5-7-9-12-15-20(25)21-16-17-22/h18,22-23H,2-17H2,1H3,(H,21,25). The van der Waals surface area contributed by atoms with Gasteiger partial charge in [0.15, 0.2) is 5.78 Å². The van der Waals surface area contributed by atoms with E-state index in [-0.39, 0.29) is 18.3 Å². The van der Waals surface area contributed by atoms with Crippen LogP contribution in [0.2, 0.25) is 0 Å². The maximum absolute atomic E-state index is 11.8. The number of aliphatic hydroxyl groups excluding tert-OH is 2. The van der Waals surface area contributed by atoms with Crippen molar-refractivity contribution in [3.8, 4) is 0 Å². The van der Waals surface area contributed by atoms with Crippen LogP contribution >= 0.6 is 0 Å². The largest absolute Gasteiger partial charge is 0.395 e. The van der Waals surface area contributed by atoms with Crippen LogP contribution in [0.5, 0.6) is 0 Å². The third kappa shape index (κ3) is 16.3. The molecule has 0 bridgehead atoms. The minimum atomic E-state index is -0.749. The predicted molar refractivity (Wildman–Crippen MR) is 101 cm³/mol. The fraction of sp³-hybridized carbons (Fsp3) is 0.900. The molecule has 5 nitrogen and oxygen atoms in total. The molecule has 0 spiro atoms. The van der Waals surface area contributed by atoms with E-state index in [1.54, 1.807) is 0 Å². The van der Waals surface area contributed by atoms with Crippen LogP contribution in [-0.2, 0) is 9.59 Å². The molecule has 1 unspecified atom stereocenters. The van der Waals surface area contributed by atoms with Gasteiger partial charge < -0.3 is 15.5 Å². The molecule has 0 radical (unpaired) electrons. The summed E-state index contributed by atoms with van der Waals surface area (Å²) < 4.78 is 0. The molecule has 0 aromatic heterocycles. The first-order chi connectivity index (χ1) is 12.1. The molecule has 0 aliphatic rings. The van der Waals surface area contributed by atoms with Crippen molar-refractivity contribution in [1.82, 2.24) is 5.32 Å². The maximum Gasteiger partial charge on any atom is 0.220 e. The molecule has 25 heavy (non-hydrogen) atoms. The number of Topliss-reactive ketones (excluding diaryl/α,β-unsaturated/α-hetero) is 1. The third-order valence-electron chi connectivity index (χ3n) is 4.46. The number of carbonyl (C=O) groups is 2. The van der Waals surface area contributed by atoms with Crippen LogP contribution in [0.4, 0.5) is 0 Å². The van der Waals surface area contributed by atoms with Crippen molar-refractivity contribution in [2.75, 3.05) is 13.2 Å². The Hall–Kier alpha value is -0.940. The van der Waals surface area contributed by atoms with Crippen molar-refractivity contribution in [2.24, 2.45) is 0 Å². The van der Waals surface area contributed by atoms with Gasteiger partial charge in [0, 0.05) is 19.4 Å². The molecule has 0 aliphatic heterocycles. The molecule has 3 N–H and O–H groups in total. The number of ketones is 1. The Labute approximate surface area is 153 Å². The Balaban J connectivity index is 3.33. The molecule has 0 saturated carbocycles. The van der Waals surface area contributed by atoms with E-state index in [9.17, 15) is 14.7 Å². The highest BCUT2D eigenvalue weighted by Crippen LogP contribution is 2.12. The van der Waals surface area contributed by atoms with Crippen LogP contribution in [0.1, 0.15) is 96.8 Å². The van der Waals surface area contributed by atoms with Gasteiger partial charge in [0.2, 0.25) is 5.91 Å². The third-order valence-corrected chi connectivity index (χ3v) is 4.46. The summed E-state index contributed by atoms with van der Waals surface area (Å²) in [6, 6.07) is 0. The van der Waals surface area contributed by atoms with Crippen molar-refractivity contribution < 1.29 is 19.8 Å². The van der Waals surface area contributed by atoms with Gasteiger partial charge in [-0.2, -0.15) is 0 Å². The summed E-state index contributed by atoms with van der Waals surface area (Å²) in [5, 5.41) is 21.0. The maximum atomic E-state index is 11.8. The normalized spacial score (nSPS) is 12.1. The molecular weight excluding hydrogens is 318 g/mol. The van der Waals surface area contributed by atoms with E-state index in [1.165, 1.54) is 12.8 Å². The summed E-state index contributed by atoms with van der Waals surface area (Å²) >= 11 is 0. The van der Waals surface area contributed by atoms with Crippen LogP contribution in [0.15, 0.2) is 0 Å². The van der Waals surface area contributed by atoms with E-state index in [4.69, 9.17) is 5.11 Å². The number of carbonyl (C=O) groups excluding carboxylic acids is 2. The van der Waals surface area contributed by atoms with E-state index >= 15 is 0 Å². The van der Waals surface area contributed by atoms with Crippen molar-refractivity contribution in [2.45, 2.75) is 103 Å². The Bertz CT molecular complexity index is 334. The fourth-order valence-corrected chi connectivity index (χ4v) is 2.84. The monoisotopic (exact) mass is 357 g/mol. The van der Waals surface area contributed by atoms with Gasteiger partial charge in [-0.1, -0.05) is 64.7 Å². The lowest BCUT2D eigenvalue weighted by Crippen LogP contribution is -2.25. The van der Waals surface area contributed by atoms with Gasteiger partial charge in [-0.05, 0) is 19.3 Å². The molecule has 0 saturated heterocycles. The predicted octanol–water partition coefficient (Wildman–Crippen LogP) is 3.51. The Morgan fingerprint density at radius 1 is 0.840 bits per heavy atom. The molecule has 148 valence electrons. The topological polar surface area (TPSA) is 86.6 Å². The number of nitrogens with one attached hydrogen (secondary N) is 1. The van der Waals surface area contributed by atoms with E-state index in [0.29, 0.717) is 25.8 Å². The average molecular weight is 358 g/mol. The quantitative estimate of drug-likeness (QED) is 0.328. The molecule has 1 amide bonds. The van der Waals surface area contributed by atoms with Gasteiger partial charge in [0.05, 0.1) is 6.61 Å². The highest BCUT2D eigenvalue weighted by Gasteiger charge is 2.13. The first-order valence-corrected chi connectivity index (χ1v) is 10.2. The van der Waals surface area contributed by atoms with Crippen LogP contribution in [0.25, 0.3) is 0 Å². The van der Waals surface area contributed by atoms with Crippen molar-refractivity contribution in [3.05, 3.63) is 0 Å². The molecule has 0 aromatic carbocycles. The number of unbranched alkanes of at least 4 members (excludes halogenated alkanes) is 9. The second-order valence-corrected chi connectivity index (χ2v) is 6.88. The lowest BCUT2D eigenvalue weighted by atomic mass is 10.0. The number of hydrogen-bond donors (Lipinski definition) is 3. The second kappa shape index (κ2) is 17.9. The second-order valence-electron chi connectivity index (χ2n) is 6.88. The Morgan fingerprint density at radius 3 is 1.96 bits per heavy atom. The highest BCUT2D eigenvalue weighted by molar-refractivity contribution is 5.82. The van der Waals surface area contributed by atoms with Gasteiger partial charge in [0.25, 0.3) is 0 Å². The summed E-state index contributed by atoms with van der Waals surface area (Å²) in [5.74, 6) is 0.0335. The molecule has 1 atom stereocenters. The minimum Gasteiger partial charge on any atom is -0.395 e. The average Bonchev–Trinajstić information content (AvgIpc) is 2.61. The summed E-state index contributed by atoms with van der Waals surface area (Å²) in [6.07, 6.45) is 12.6. The summed E-state index contributed by atoms with van der Waals surface area (Å²) in [6.45, 7) is 2.45. The van der Waals surface area contributed by atoms with E-state index < -0.39 is 6.10 Å². The van der Waals surface area contributed by atoms with Crippen LogP contribution < -0.4 is 5.32 Å². The first kappa shape index (κ1) is 24.1. The molecule has 0 rings (SSSR count). The molecule has 0 heterocycles. The molecule has 0 aliphatic carbocycles. The van der Waals surface area contributed by atoms with Gasteiger partial charge in [-0.15, -0.1) is 0 Å². The molecule has 0 fully saturated rings. The Kier molecular flexibility index (Phi) is 17.2. The minimum absolute atomic E-state index is 0.00481. The van der Waals surface area contributed by atoms with Gasteiger partial charge in [0.1, 0.15) is 6.10 Å². The zero-order valence-electron chi connectivity index (χ0n) is 16.1. The zero-order chi connectivity index (χ0) is 18.8. The van der Waals surface area contributed by atoms with E-state index in [0.717, 1.165) is 57.8 Å². The lowest BCUT2D eigenvalue weighted by molar-refractivity contribution is -0.127. The molecule has 5 heteroatoms. The van der Waals surface area contributed by atoms with Crippen molar-refractivity contribution in [1.29, 1.82) is 0 Å². The summed E-state index contributed by atoms with van der Waals surface area (Å²) in [7, 11) is 0. The van der Waals surface area contributed by atoms with E-state index in [2.05, 4.69) is 12.2 Å². The van der Waals surface area contributed by atoms with Crippen molar-refractivity contribution in [3.63, 3.8) is 0 Å². The zero-order valence-corrected chi connectivity index (χ0v) is 16.1. The van der Waals surface area contributed by atoms with Gasteiger partial charge in [-0.25, -0.2) is 0 Å². The molecular formula is C20H39NO4. The number of aliphatic hydroxyl groups is 2. The van der Waals surface area contributed by atoms with Crippen molar-refractivity contribution >= 4 is 11.7 Å². The van der Waals surface area contributed by atoms with Crippen LogP contribution in [0, 0.1) is 0 Å².